The minimum Gasteiger partial charge on any atom is -0.506 e. The Morgan fingerprint density at radius 2 is 2.08 bits per heavy atom. The molecule has 10 heteroatoms. The third-order valence-corrected chi connectivity index (χ3v) is 8.01. The molecule has 0 aliphatic carbocycles. The van der Waals surface area contributed by atoms with Crippen LogP contribution in [0.1, 0.15) is 18.4 Å². The van der Waals surface area contributed by atoms with E-state index in [-0.39, 0.29) is 27.4 Å². The Bertz CT molecular complexity index is 930. The molecule has 6 nitrogen and oxygen atoms in total. The van der Waals surface area contributed by atoms with Crippen molar-refractivity contribution in [2.75, 3.05) is 6.54 Å². The summed E-state index contributed by atoms with van der Waals surface area (Å²) in [4.78, 5) is 12.5. The van der Waals surface area contributed by atoms with E-state index in [0.717, 1.165) is 11.3 Å². The van der Waals surface area contributed by atoms with Crippen LogP contribution in [-0.4, -0.2) is 36.3 Å². The Kier molecular flexibility index (Phi) is 5.78. The number of benzene rings is 1. The van der Waals surface area contributed by atoms with Crippen molar-refractivity contribution in [2.24, 2.45) is 0 Å². The SMILES string of the molecule is O=C(NCc1ccc(O)c(Cl)c1)C1CCCN1S(=O)(=O)c1ccc(Cl)s1. The summed E-state index contributed by atoms with van der Waals surface area (Å²) in [6.45, 7) is 0.481. The van der Waals surface area contributed by atoms with Crippen LogP contribution in [0.15, 0.2) is 34.5 Å². The molecule has 0 saturated carbocycles. The van der Waals surface area contributed by atoms with Gasteiger partial charge in [0.15, 0.2) is 0 Å². The Labute approximate surface area is 165 Å². The summed E-state index contributed by atoms with van der Waals surface area (Å²) < 4.78 is 27.3. The Morgan fingerprint density at radius 1 is 1.31 bits per heavy atom. The molecule has 3 rings (SSSR count). The van der Waals surface area contributed by atoms with Crippen molar-refractivity contribution >= 4 is 50.5 Å². The molecule has 0 radical (unpaired) electrons. The van der Waals surface area contributed by atoms with Gasteiger partial charge in [0.05, 0.1) is 9.36 Å². The predicted molar refractivity (Wildman–Crippen MR) is 101 cm³/mol. The third-order valence-electron chi connectivity index (χ3n) is 4.10. The number of carbonyl (C=O) groups excluding carboxylic acids is 1. The summed E-state index contributed by atoms with van der Waals surface area (Å²) in [5.74, 6) is -0.401. The van der Waals surface area contributed by atoms with Gasteiger partial charge in [-0.15, -0.1) is 11.3 Å². The molecule has 2 N–H and O–H groups in total. The van der Waals surface area contributed by atoms with E-state index < -0.39 is 16.1 Å². The van der Waals surface area contributed by atoms with E-state index in [1.165, 1.54) is 22.5 Å². The van der Waals surface area contributed by atoms with E-state index in [9.17, 15) is 18.3 Å². The van der Waals surface area contributed by atoms with Crippen molar-refractivity contribution in [1.82, 2.24) is 9.62 Å². The van der Waals surface area contributed by atoms with Gasteiger partial charge in [0, 0.05) is 13.1 Å². The van der Waals surface area contributed by atoms with Gasteiger partial charge in [-0.3, -0.25) is 4.79 Å². The second-order valence-electron chi connectivity index (χ2n) is 5.84. The lowest BCUT2D eigenvalue weighted by Gasteiger charge is -2.22. The summed E-state index contributed by atoms with van der Waals surface area (Å²) in [6, 6.07) is 6.85. The molecule has 1 aromatic heterocycles. The molecule has 1 saturated heterocycles. The standard InChI is InChI=1S/C16H16Cl2N2O4S2/c17-11-8-10(3-4-13(11)21)9-19-16(22)12-2-1-7-20(12)26(23,24)15-6-5-14(18)25-15/h3-6,8,12,21H,1-2,7,9H2,(H,19,22). The summed E-state index contributed by atoms with van der Waals surface area (Å²) in [7, 11) is -3.75. The van der Waals surface area contributed by atoms with Crippen molar-refractivity contribution < 1.29 is 18.3 Å². The zero-order valence-electron chi connectivity index (χ0n) is 13.5. The number of amides is 1. The van der Waals surface area contributed by atoms with Crippen molar-refractivity contribution in [2.45, 2.75) is 29.6 Å². The highest BCUT2D eigenvalue weighted by Crippen LogP contribution is 2.32. The Morgan fingerprint density at radius 3 is 2.73 bits per heavy atom. The highest BCUT2D eigenvalue weighted by molar-refractivity contribution is 7.91. The van der Waals surface area contributed by atoms with Gasteiger partial charge < -0.3 is 10.4 Å². The second-order valence-corrected chi connectivity index (χ2v) is 10.1. The molecule has 1 atom stereocenters. The minimum atomic E-state index is -3.75. The van der Waals surface area contributed by atoms with Crippen molar-refractivity contribution in [3.63, 3.8) is 0 Å². The molecular weight excluding hydrogens is 419 g/mol. The van der Waals surface area contributed by atoms with Gasteiger partial charge in [0.2, 0.25) is 5.91 Å². The van der Waals surface area contributed by atoms with E-state index in [2.05, 4.69) is 5.32 Å². The zero-order chi connectivity index (χ0) is 18.9. The number of sulfonamides is 1. The molecule has 26 heavy (non-hydrogen) atoms. The molecular formula is C16H16Cl2N2O4S2. The van der Waals surface area contributed by atoms with Gasteiger partial charge in [-0.05, 0) is 42.7 Å². The number of phenolic OH excluding ortho intramolecular Hbond substituents is 1. The molecule has 1 unspecified atom stereocenters. The van der Waals surface area contributed by atoms with Crippen molar-refractivity contribution in [3.05, 3.63) is 45.3 Å². The van der Waals surface area contributed by atoms with E-state index in [4.69, 9.17) is 23.2 Å². The number of rotatable bonds is 5. The maximum atomic E-state index is 12.8. The predicted octanol–water partition coefficient (Wildman–Crippen LogP) is 3.23. The molecule has 140 valence electrons. The number of nitrogens with one attached hydrogen (secondary N) is 1. The number of aromatic hydroxyl groups is 1. The molecule has 1 aromatic carbocycles. The third kappa shape index (κ3) is 3.99. The largest absolute Gasteiger partial charge is 0.506 e. The van der Waals surface area contributed by atoms with Crippen LogP contribution in [-0.2, 0) is 21.4 Å². The van der Waals surface area contributed by atoms with Crippen LogP contribution < -0.4 is 5.32 Å². The summed E-state index contributed by atoms with van der Waals surface area (Å²) in [5, 5.41) is 12.4. The van der Waals surface area contributed by atoms with Crippen LogP contribution in [0.2, 0.25) is 9.36 Å². The van der Waals surface area contributed by atoms with Gasteiger partial charge in [-0.2, -0.15) is 4.31 Å². The molecule has 1 aliphatic rings. The molecule has 1 fully saturated rings. The molecule has 0 bridgehead atoms. The first-order valence-corrected chi connectivity index (χ1v) is 10.8. The second kappa shape index (κ2) is 7.74. The molecule has 1 aliphatic heterocycles. The first-order valence-electron chi connectivity index (χ1n) is 7.81. The number of carbonyl (C=O) groups is 1. The van der Waals surface area contributed by atoms with E-state index in [1.807, 2.05) is 0 Å². The van der Waals surface area contributed by atoms with Crippen LogP contribution in [0.3, 0.4) is 0 Å². The average Bonchev–Trinajstić information content (AvgIpc) is 3.25. The van der Waals surface area contributed by atoms with Crippen LogP contribution in [0.25, 0.3) is 0 Å². The van der Waals surface area contributed by atoms with Crippen molar-refractivity contribution in [1.29, 1.82) is 0 Å². The monoisotopic (exact) mass is 434 g/mol. The lowest BCUT2D eigenvalue weighted by atomic mass is 10.2. The summed E-state index contributed by atoms with van der Waals surface area (Å²) >= 11 is 12.7. The smallest absolute Gasteiger partial charge is 0.253 e. The maximum absolute atomic E-state index is 12.8. The number of phenols is 1. The maximum Gasteiger partial charge on any atom is 0.253 e. The molecule has 2 heterocycles. The average molecular weight is 435 g/mol. The quantitative estimate of drug-likeness (QED) is 0.755. The molecule has 0 spiro atoms. The van der Waals surface area contributed by atoms with Crippen LogP contribution in [0.4, 0.5) is 0 Å². The molecule has 1 amide bonds. The number of hydrogen-bond donors (Lipinski definition) is 2. The lowest BCUT2D eigenvalue weighted by molar-refractivity contribution is -0.124. The highest BCUT2D eigenvalue weighted by Gasteiger charge is 2.39. The Balaban J connectivity index is 1.71. The summed E-state index contributed by atoms with van der Waals surface area (Å²) in [5.41, 5.74) is 0.707. The first-order chi connectivity index (χ1) is 12.3. The minimum absolute atomic E-state index is 0.0376. The molecule has 2 aromatic rings. The fourth-order valence-corrected chi connectivity index (χ4v) is 6.28. The van der Waals surface area contributed by atoms with E-state index in [0.29, 0.717) is 29.3 Å². The van der Waals surface area contributed by atoms with Gasteiger partial charge in [-0.1, -0.05) is 29.3 Å². The lowest BCUT2D eigenvalue weighted by Crippen LogP contribution is -2.45. The number of hydrogen-bond acceptors (Lipinski definition) is 5. The number of nitrogens with zero attached hydrogens (tertiary/aromatic N) is 1. The van der Waals surface area contributed by atoms with Crippen molar-refractivity contribution in [3.8, 4) is 5.75 Å². The van der Waals surface area contributed by atoms with Gasteiger partial charge in [-0.25, -0.2) is 8.42 Å². The fraction of sp³-hybridized carbons (Fsp3) is 0.312. The van der Waals surface area contributed by atoms with E-state index >= 15 is 0 Å². The first kappa shape index (κ1) is 19.4. The number of thiophene rings is 1. The normalized spacial score (nSPS) is 18.2. The topological polar surface area (TPSA) is 86.7 Å². The van der Waals surface area contributed by atoms with Gasteiger partial charge in [0.1, 0.15) is 16.0 Å². The number of halogens is 2. The zero-order valence-corrected chi connectivity index (χ0v) is 16.6. The van der Waals surface area contributed by atoms with Crippen LogP contribution >= 0.6 is 34.5 Å². The van der Waals surface area contributed by atoms with Gasteiger partial charge in [0.25, 0.3) is 10.0 Å². The van der Waals surface area contributed by atoms with Gasteiger partial charge >= 0.3 is 0 Å². The van der Waals surface area contributed by atoms with E-state index in [1.54, 1.807) is 12.1 Å². The Hall–Kier alpha value is -1.32. The fourth-order valence-electron chi connectivity index (χ4n) is 2.81. The summed E-state index contributed by atoms with van der Waals surface area (Å²) in [6.07, 6.45) is 1.07. The van der Waals surface area contributed by atoms with Crippen LogP contribution in [0.5, 0.6) is 5.75 Å². The van der Waals surface area contributed by atoms with Crippen LogP contribution in [0, 0.1) is 0 Å². The highest BCUT2D eigenvalue weighted by atomic mass is 35.5.